The minimum atomic E-state index is -0.325. The minimum Gasteiger partial charge on any atom is -0.353 e. The van der Waals surface area contributed by atoms with Crippen molar-refractivity contribution < 1.29 is 14.0 Å². The van der Waals surface area contributed by atoms with Crippen LogP contribution in [0.4, 0.5) is 4.39 Å². The van der Waals surface area contributed by atoms with Gasteiger partial charge in [-0.25, -0.2) is 4.39 Å². The molecule has 2 unspecified atom stereocenters. The molecule has 2 aliphatic rings. The van der Waals surface area contributed by atoms with Gasteiger partial charge in [-0.1, -0.05) is 31.0 Å². The highest BCUT2D eigenvalue weighted by Crippen LogP contribution is 2.39. The molecule has 0 radical (unpaired) electrons. The third kappa shape index (κ3) is 3.46. The van der Waals surface area contributed by atoms with Crippen molar-refractivity contribution in [2.45, 2.75) is 44.7 Å². The predicted molar refractivity (Wildman–Crippen MR) is 80.2 cm³/mol. The van der Waals surface area contributed by atoms with Crippen LogP contribution < -0.4 is 10.6 Å². The molecule has 118 valence electrons. The molecule has 0 bridgehead atoms. The van der Waals surface area contributed by atoms with Crippen molar-refractivity contribution in [3.05, 3.63) is 35.6 Å². The molecule has 2 amide bonds. The second-order valence-electron chi connectivity index (χ2n) is 6.25. The van der Waals surface area contributed by atoms with E-state index in [9.17, 15) is 14.0 Å². The van der Waals surface area contributed by atoms with Gasteiger partial charge in [0.25, 0.3) is 0 Å². The van der Waals surface area contributed by atoms with E-state index in [1.165, 1.54) is 18.9 Å². The van der Waals surface area contributed by atoms with Gasteiger partial charge in [0, 0.05) is 18.2 Å². The Labute approximate surface area is 129 Å². The van der Waals surface area contributed by atoms with Crippen LogP contribution in [-0.2, 0) is 16.1 Å². The molecular formula is C17H21FN2O2. The van der Waals surface area contributed by atoms with Crippen LogP contribution in [0.1, 0.15) is 37.7 Å². The summed E-state index contributed by atoms with van der Waals surface area (Å²) in [6.45, 7) is 0.166. The van der Waals surface area contributed by atoms with E-state index in [1.54, 1.807) is 18.2 Å². The lowest BCUT2D eigenvalue weighted by Crippen LogP contribution is -2.35. The van der Waals surface area contributed by atoms with Gasteiger partial charge in [-0.15, -0.1) is 0 Å². The van der Waals surface area contributed by atoms with Crippen molar-refractivity contribution in [1.82, 2.24) is 10.6 Å². The Bertz CT molecular complexity index is 570. The topological polar surface area (TPSA) is 58.2 Å². The van der Waals surface area contributed by atoms with Gasteiger partial charge in [0.05, 0.1) is 11.8 Å². The number of carbonyl (C=O) groups is 2. The number of halogens is 1. The summed E-state index contributed by atoms with van der Waals surface area (Å²) >= 11 is 0. The molecule has 2 atom stereocenters. The summed E-state index contributed by atoms with van der Waals surface area (Å²) in [5.41, 5.74) is 0.462. The van der Waals surface area contributed by atoms with Gasteiger partial charge in [0.1, 0.15) is 5.82 Å². The monoisotopic (exact) mass is 304 g/mol. The van der Waals surface area contributed by atoms with Crippen molar-refractivity contribution in [3.8, 4) is 0 Å². The van der Waals surface area contributed by atoms with Crippen LogP contribution in [-0.4, -0.2) is 17.9 Å². The molecule has 2 N–H and O–H groups in total. The number of hydrogen-bond acceptors (Lipinski definition) is 2. The van der Waals surface area contributed by atoms with E-state index >= 15 is 0 Å². The second kappa shape index (κ2) is 6.46. The lowest BCUT2D eigenvalue weighted by atomic mass is 10.2. The number of carbonyl (C=O) groups excluding carboxylic acids is 2. The molecule has 0 heterocycles. The van der Waals surface area contributed by atoms with Gasteiger partial charge < -0.3 is 10.6 Å². The smallest absolute Gasteiger partial charge is 0.224 e. The molecule has 0 aromatic heterocycles. The fraction of sp³-hybridized carbons (Fsp3) is 0.529. The first-order valence-corrected chi connectivity index (χ1v) is 7.96. The molecule has 0 spiro atoms. The van der Waals surface area contributed by atoms with Crippen LogP contribution in [0.5, 0.6) is 0 Å². The van der Waals surface area contributed by atoms with E-state index in [0.29, 0.717) is 12.0 Å². The molecule has 0 saturated heterocycles. The van der Waals surface area contributed by atoms with Crippen LogP contribution in [0.15, 0.2) is 24.3 Å². The summed E-state index contributed by atoms with van der Waals surface area (Å²) in [6, 6.07) is 6.66. The highest BCUT2D eigenvalue weighted by molar-refractivity contribution is 5.92. The first kappa shape index (κ1) is 15.0. The Hall–Kier alpha value is -1.91. The first-order chi connectivity index (χ1) is 10.6. The lowest BCUT2D eigenvalue weighted by molar-refractivity contribution is -0.127. The summed E-state index contributed by atoms with van der Waals surface area (Å²) in [4.78, 5) is 24.1. The fourth-order valence-electron chi connectivity index (χ4n) is 3.11. The molecule has 2 fully saturated rings. The molecule has 22 heavy (non-hydrogen) atoms. The first-order valence-electron chi connectivity index (χ1n) is 7.96. The molecule has 4 nitrogen and oxygen atoms in total. The number of benzene rings is 1. The molecule has 1 aromatic carbocycles. The van der Waals surface area contributed by atoms with Crippen molar-refractivity contribution in [2.75, 3.05) is 0 Å². The standard InChI is InChI=1S/C17H21FN2O2/c18-15-8-4-1-5-11(15)10-19-16(21)13-9-14(13)17(22)20-12-6-2-3-7-12/h1,4-5,8,12-14H,2-3,6-7,9-10H2,(H,19,21)(H,20,22). The summed E-state index contributed by atoms with van der Waals surface area (Å²) in [5, 5.41) is 5.75. The Kier molecular flexibility index (Phi) is 4.41. The number of nitrogens with one attached hydrogen (secondary N) is 2. The number of rotatable bonds is 5. The van der Waals surface area contributed by atoms with Crippen molar-refractivity contribution >= 4 is 11.8 Å². The summed E-state index contributed by atoms with van der Waals surface area (Å²) in [5.74, 6) is -0.948. The van der Waals surface area contributed by atoms with Gasteiger partial charge in [-0.2, -0.15) is 0 Å². The molecule has 2 saturated carbocycles. The Balaban J connectivity index is 1.44. The quantitative estimate of drug-likeness (QED) is 0.875. The molecule has 3 rings (SSSR count). The average molecular weight is 304 g/mol. The normalized spacial score (nSPS) is 24.0. The lowest BCUT2D eigenvalue weighted by Gasteiger charge is -2.11. The van der Waals surface area contributed by atoms with Crippen molar-refractivity contribution in [1.29, 1.82) is 0 Å². The zero-order chi connectivity index (χ0) is 15.5. The maximum absolute atomic E-state index is 13.5. The predicted octanol–water partition coefficient (Wildman–Crippen LogP) is 2.14. The highest BCUT2D eigenvalue weighted by Gasteiger charge is 2.48. The van der Waals surface area contributed by atoms with E-state index < -0.39 is 0 Å². The highest BCUT2D eigenvalue weighted by atomic mass is 19.1. The maximum atomic E-state index is 13.5. The Morgan fingerprint density at radius 2 is 1.77 bits per heavy atom. The second-order valence-corrected chi connectivity index (χ2v) is 6.25. The van der Waals surface area contributed by atoms with E-state index in [0.717, 1.165) is 12.8 Å². The van der Waals surface area contributed by atoms with E-state index in [4.69, 9.17) is 0 Å². The summed E-state index contributed by atoms with van der Waals surface area (Å²) < 4.78 is 13.5. The van der Waals surface area contributed by atoms with Crippen LogP contribution in [0, 0.1) is 17.7 Å². The average Bonchev–Trinajstić information content (AvgIpc) is 3.17. The van der Waals surface area contributed by atoms with Crippen molar-refractivity contribution in [2.24, 2.45) is 11.8 Å². The zero-order valence-electron chi connectivity index (χ0n) is 12.5. The van der Waals surface area contributed by atoms with E-state index in [-0.39, 0.29) is 42.1 Å². The summed E-state index contributed by atoms with van der Waals surface area (Å²) in [6.07, 6.45) is 5.03. The van der Waals surface area contributed by atoms with Gasteiger partial charge >= 0.3 is 0 Å². The van der Waals surface area contributed by atoms with Crippen LogP contribution >= 0.6 is 0 Å². The third-order valence-corrected chi connectivity index (χ3v) is 4.58. The Morgan fingerprint density at radius 3 is 2.50 bits per heavy atom. The van der Waals surface area contributed by atoms with E-state index in [1.807, 2.05) is 0 Å². The SMILES string of the molecule is O=C(NCc1ccccc1F)C1CC1C(=O)NC1CCCC1. The van der Waals surface area contributed by atoms with E-state index in [2.05, 4.69) is 10.6 Å². The fourth-order valence-corrected chi connectivity index (χ4v) is 3.11. The number of amides is 2. The summed E-state index contributed by atoms with van der Waals surface area (Å²) in [7, 11) is 0. The van der Waals surface area contributed by atoms with Gasteiger partial charge in [-0.3, -0.25) is 9.59 Å². The van der Waals surface area contributed by atoms with Crippen LogP contribution in [0.2, 0.25) is 0 Å². The molecular weight excluding hydrogens is 283 g/mol. The van der Waals surface area contributed by atoms with Crippen molar-refractivity contribution in [3.63, 3.8) is 0 Å². The largest absolute Gasteiger partial charge is 0.353 e. The molecule has 1 aromatic rings. The molecule has 2 aliphatic carbocycles. The minimum absolute atomic E-state index is 0.00191. The van der Waals surface area contributed by atoms with Gasteiger partial charge in [-0.05, 0) is 25.3 Å². The number of hydrogen-bond donors (Lipinski definition) is 2. The van der Waals surface area contributed by atoms with Gasteiger partial charge in [0.15, 0.2) is 0 Å². The third-order valence-electron chi connectivity index (χ3n) is 4.58. The van der Waals surface area contributed by atoms with Crippen LogP contribution in [0.25, 0.3) is 0 Å². The Morgan fingerprint density at radius 1 is 1.09 bits per heavy atom. The zero-order valence-corrected chi connectivity index (χ0v) is 12.5. The molecule has 5 heteroatoms. The maximum Gasteiger partial charge on any atom is 0.224 e. The van der Waals surface area contributed by atoms with Crippen LogP contribution in [0.3, 0.4) is 0 Å². The van der Waals surface area contributed by atoms with Gasteiger partial charge in [0.2, 0.25) is 11.8 Å². The molecule has 0 aliphatic heterocycles.